The quantitative estimate of drug-likeness (QED) is 0.338. The van der Waals surface area contributed by atoms with Crippen LogP contribution in [0, 0.1) is 17.0 Å². The minimum absolute atomic E-state index is 0.0220. The van der Waals surface area contributed by atoms with Gasteiger partial charge in [0.1, 0.15) is 5.76 Å². The molecule has 9 nitrogen and oxygen atoms in total. The predicted octanol–water partition coefficient (Wildman–Crippen LogP) is 3.81. The van der Waals surface area contributed by atoms with Gasteiger partial charge in [-0.2, -0.15) is 0 Å². The number of rotatable bonds is 10. The number of benzene rings is 1. The third kappa shape index (κ3) is 4.57. The van der Waals surface area contributed by atoms with Crippen molar-refractivity contribution in [3.05, 3.63) is 74.9 Å². The van der Waals surface area contributed by atoms with Gasteiger partial charge in [-0.1, -0.05) is 13.8 Å². The molecule has 1 aromatic carbocycles. The number of aliphatic hydroxyl groups is 1. The first kappa shape index (κ1) is 23.2. The highest BCUT2D eigenvalue weighted by molar-refractivity contribution is 6.15. The first-order chi connectivity index (χ1) is 15.3. The number of Topliss-reactive ketones (excluding diaryl/α,β-unsaturated/α-hetero) is 1. The summed E-state index contributed by atoms with van der Waals surface area (Å²) < 4.78 is 5.43. The lowest BCUT2D eigenvalue weighted by atomic mass is 9.95. The number of hydrogen-bond donors (Lipinski definition) is 1. The van der Waals surface area contributed by atoms with Gasteiger partial charge in [-0.15, -0.1) is 0 Å². The van der Waals surface area contributed by atoms with Gasteiger partial charge in [-0.3, -0.25) is 19.7 Å². The summed E-state index contributed by atoms with van der Waals surface area (Å²) in [6, 6.07) is 7.92. The molecular formula is C23H27N3O6. The van der Waals surface area contributed by atoms with Gasteiger partial charge >= 0.3 is 0 Å². The minimum Gasteiger partial charge on any atom is -0.503 e. The molecule has 0 bridgehead atoms. The Bertz CT molecular complexity index is 1040. The van der Waals surface area contributed by atoms with Crippen molar-refractivity contribution in [1.29, 1.82) is 0 Å². The van der Waals surface area contributed by atoms with Crippen molar-refractivity contribution in [2.45, 2.75) is 33.2 Å². The lowest BCUT2D eigenvalue weighted by Crippen LogP contribution is -2.34. The van der Waals surface area contributed by atoms with Crippen molar-refractivity contribution >= 4 is 17.4 Å². The number of aryl methyl sites for hydroxylation is 1. The molecule has 2 heterocycles. The topological polar surface area (TPSA) is 117 Å². The van der Waals surface area contributed by atoms with Crippen LogP contribution in [0.2, 0.25) is 0 Å². The number of nitro benzene ring substituents is 1. The maximum Gasteiger partial charge on any atom is 0.290 e. The van der Waals surface area contributed by atoms with Crippen molar-refractivity contribution in [2.24, 2.45) is 0 Å². The third-order valence-corrected chi connectivity index (χ3v) is 5.70. The Hall–Kier alpha value is -3.46. The maximum absolute atomic E-state index is 13.2. The van der Waals surface area contributed by atoms with Gasteiger partial charge in [-0.05, 0) is 62.8 Å². The average molecular weight is 441 g/mol. The molecule has 32 heavy (non-hydrogen) atoms. The molecule has 1 N–H and O–H groups in total. The Balaban J connectivity index is 1.97. The number of amides is 1. The standard InChI is InChI=1S/C23H27N3O6/c1-4-24(5-2)13-6-14-25-20(16-8-10-17(11-9-16)26(30)31)19(22(28)23(25)29)21(27)18-12-7-15(3)32-18/h7-12,20,28H,4-6,13-14H2,1-3H3/t20-/m0/s1. The molecule has 1 amide bonds. The van der Waals surface area contributed by atoms with Crippen LogP contribution < -0.4 is 0 Å². The van der Waals surface area contributed by atoms with E-state index in [-0.39, 0.29) is 17.0 Å². The highest BCUT2D eigenvalue weighted by Gasteiger charge is 2.44. The van der Waals surface area contributed by atoms with E-state index in [1.54, 1.807) is 13.0 Å². The number of ketones is 1. The fourth-order valence-electron chi connectivity index (χ4n) is 3.93. The monoisotopic (exact) mass is 441 g/mol. The van der Waals surface area contributed by atoms with Crippen LogP contribution in [-0.2, 0) is 4.79 Å². The molecule has 0 unspecified atom stereocenters. The van der Waals surface area contributed by atoms with E-state index in [4.69, 9.17) is 4.42 Å². The lowest BCUT2D eigenvalue weighted by Gasteiger charge is -2.28. The molecule has 0 radical (unpaired) electrons. The molecule has 0 fully saturated rings. The van der Waals surface area contributed by atoms with Crippen molar-refractivity contribution in [3.8, 4) is 0 Å². The molecule has 0 spiro atoms. The second kappa shape index (κ2) is 9.78. The molecular weight excluding hydrogens is 414 g/mol. The minimum atomic E-state index is -0.863. The number of aliphatic hydroxyl groups excluding tert-OH is 1. The Kier molecular flexibility index (Phi) is 7.09. The zero-order valence-electron chi connectivity index (χ0n) is 18.4. The molecule has 1 aliphatic heterocycles. The Morgan fingerprint density at radius 1 is 1.19 bits per heavy atom. The largest absolute Gasteiger partial charge is 0.503 e. The number of non-ortho nitro benzene ring substituents is 1. The average Bonchev–Trinajstić information content (AvgIpc) is 3.33. The van der Waals surface area contributed by atoms with E-state index in [9.17, 15) is 24.8 Å². The summed E-state index contributed by atoms with van der Waals surface area (Å²) >= 11 is 0. The van der Waals surface area contributed by atoms with Crippen LogP contribution in [0.25, 0.3) is 0 Å². The van der Waals surface area contributed by atoms with Crippen molar-refractivity contribution < 1.29 is 24.0 Å². The fourth-order valence-corrected chi connectivity index (χ4v) is 3.93. The molecule has 0 saturated carbocycles. The predicted molar refractivity (Wildman–Crippen MR) is 117 cm³/mol. The first-order valence-electron chi connectivity index (χ1n) is 10.6. The van der Waals surface area contributed by atoms with Gasteiger partial charge in [0.15, 0.2) is 11.5 Å². The number of hydrogen-bond acceptors (Lipinski definition) is 7. The van der Waals surface area contributed by atoms with E-state index < -0.39 is 28.4 Å². The zero-order valence-corrected chi connectivity index (χ0v) is 18.4. The van der Waals surface area contributed by atoms with Gasteiger partial charge in [0.2, 0.25) is 5.78 Å². The Morgan fingerprint density at radius 2 is 1.84 bits per heavy atom. The fraction of sp³-hybridized carbons (Fsp3) is 0.391. The van der Waals surface area contributed by atoms with E-state index in [0.29, 0.717) is 24.3 Å². The number of carbonyl (C=O) groups excluding carboxylic acids is 2. The number of nitro groups is 1. The lowest BCUT2D eigenvalue weighted by molar-refractivity contribution is -0.384. The first-order valence-corrected chi connectivity index (χ1v) is 10.6. The Morgan fingerprint density at radius 3 is 2.38 bits per heavy atom. The van der Waals surface area contributed by atoms with Gasteiger partial charge in [0.05, 0.1) is 16.5 Å². The van der Waals surface area contributed by atoms with E-state index in [1.165, 1.54) is 35.2 Å². The second-order valence-corrected chi connectivity index (χ2v) is 7.63. The van der Waals surface area contributed by atoms with Crippen molar-refractivity contribution in [1.82, 2.24) is 9.80 Å². The molecule has 170 valence electrons. The number of furan rings is 1. The normalized spacial score (nSPS) is 16.3. The summed E-state index contributed by atoms with van der Waals surface area (Å²) in [6.45, 7) is 8.63. The summed E-state index contributed by atoms with van der Waals surface area (Å²) in [6.07, 6.45) is 0.644. The SMILES string of the molecule is CCN(CC)CCCN1C(=O)C(O)=C(C(=O)c2ccc(C)o2)[C@@H]1c1ccc([N+](=O)[O-])cc1. The van der Waals surface area contributed by atoms with Gasteiger partial charge in [-0.25, -0.2) is 0 Å². The summed E-state index contributed by atoms with van der Waals surface area (Å²) in [4.78, 5) is 40.3. The van der Waals surface area contributed by atoms with Gasteiger partial charge in [0.25, 0.3) is 11.6 Å². The molecule has 2 aromatic rings. The van der Waals surface area contributed by atoms with E-state index >= 15 is 0 Å². The van der Waals surface area contributed by atoms with E-state index in [2.05, 4.69) is 18.7 Å². The second-order valence-electron chi connectivity index (χ2n) is 7.63. The highest BCUT2D eigenvalue weighted by atomic mass is 16.6. The molecule has 0 saturated heterocycles. The molecule has 1 aliphatic rings. The Labute approximate surface area is 186 Å². The summed E-state index contributed by atoms with van der Waals surface area (Å²) in [7, 11) is 0. The molecule has 0 aliphatic carbocycles. The molecule has 1 aromatic heterocycles. The smallest absolute Gasteiger partial charge is 0.290 e. The van der Waals surface area contributed by atoms with Crippen molar-refractivity contribution in [3.63, 3.8) is 0 Å². The van der Waals surface area contributed by atoms with E-state index in [1.807, 2.05) is 0 Å². The molecule has 3 rings (SSSR count). The van der Waals surface area contributed by atoms with Crippen LogP contribution in [-0.4, -0.2) is 57.7 Å². The number of nitrogens with zero attached hydrogens (tertiary/aromatic N) is 3. The van der Waals surface area contributed by atoms with Gasteiger partial charge < -0.3 is 19.3 Å². The highest BCUT2D eigenvalue weighted by Crippen LogP contribution is 2.39. The van der Waals surface area contributed by atoms with Gasteiger partial charge in [0, 0.05) is 18.7 Å². The summed E-state index contributed by atoms with van der Waals surface area (Å²) in [5.41, 5.74) is 0.317. The molecule has 1 atom stereocenters. The number of carbonyl (C=O) groups is 2. The van der Waals surface area contributed by atoms with Crippen LogP contribution in [0.1, 0.15) is 48.2 Å². The maximum atomic E-state index is 13.2. The van der Waals surface area contributed by atoms with Crippen LogP contribution in [0.5, 0.6) is 0 Å². The summed E-state index contributed by atoms with van der Waals surface area (Å²) in [5, 5.41) is 21.7. The third-order valence-electron chi connectivity index (χ3n) is 5.70. The van der Waals surface area contributed by atoms with Crippen LogP contribution in [0.4, 0.5) is 5.69 Å². The van der Waals surface area contributed by atoms with Crippen molar-refractivity contribution in [2.75, 3.05) is 26.2 Å². The zero-order chi connectivity index (χ0) is 23.4. The van der Waals surface area contributed by atoms with Crippen LogP contribution in [0.3, 0.4) is 0 Å². The van der Waals surface area contributed by atoms with Crippen LogP contribution in [0.15, 0.2) is 52.1 Å². The summed E-state index contributed by atoms with van der Waals surface area (Å²) in [5.74, 6) is -1.29. The molecule has 9 heteroatoms. The van der Waals surface area contributed by atoms with Crippen LogP contribution >= 0.6 is 0 Å². The van der Waals surface area contributed by atoms with E-state index in [0.717, 1.165) is 19.6 Å².